The van der Waals surface area contributed by atoms with Gasteiger partial charge >= 0.3 is 0 Å². The first-order valence-corrected chi connectivity index (χ1v) is 5.82. The fourth-order valence-electron chi connectivity index (χ4n) is 1.96. The van der Waals surface area contributed by atoms with Crippen molar-refractivity contribution in [2.45, 2.75) is 25.8 Å². The summed E-state index contributed by atoms with van der Waals surface area (Å²) in [6, 6.07) is 3.86. The van der Waals surface area contributed by atoms with E-state index < -0.39 is 0 Å². The lowest BCUT2D eigenvalue weighted by Gasteiger charge is -2.17. The summed E-state index contributed by atoms with van der Waals surface area (Å²) >= 11 is 0. The molecule has 1 N–H and O–H groups in total. The van der Waals surface area contributed by atoms with Gasteiger partial charge in [-0.1, -0.05) is 0 Å². The first-order chi connectivity index (χ1) is 7.77. The van der Waals surface area contributed by atoms with Gasteiger partial charge in [-0.15, -0.1) is 0 Å². The van der Waals surface area contributed by atoms with Crippen molar-refractivity contribution in [2.24, 2.45) is 0 Å². The molecule has 1 atom stereocenters. The van der Waals surface area contributed by atoms with E-state index in [1.807, 2.05) is 24.0 Å². The van der Waals surface area contributed by atoms with Crippen LogP contribution in [0.2, 0.25) is 0 Å². The predicted molar refractivity (Wildman–Crippen MR) is 60.9 cm³/mol. The molecule has 0 aromatic carbocycles. The molecule has 1 aliphatic heterocycles. The van der Waals surface area contributed by atoms with Gasteiger partial charge in [0, 0.05) is 13.1 Å². The third kappa shape index (κ3) is 2.64. The maximum Gasteiger partial charge on any atom is 0.236 e. The first kappa shape index (κ1) is 11.2. The van der Waals surface area contributed by atoms with Crippen molar-refractivity contribution in [1.82, 2.24) is 10.2 Å². The number of carbonyl (C=O) groups excluding carboxylic acids is 1. The van der Waals surface area contributed by atoms with E-state index in [1.54, 1.807) is 6.26 Å². The Hall–Kier alpha value is -1.29. The van der Waals surface area contributed by atoms with Gasteiger partial charge in [-0.25, -0.2) is 0 Å². The first-order valence-electron chi connectivity index (χ1n) is 5.82. The Balaban J connectivity index is 1.76. The van der Waals surface area contributed by atoms with E-state index in [9.17, 15) is 4.79 Å². The number of likely N-dealkylation sites (tertiary alicyclic amines) is 1. The topological polar surface area (TPSA) is 45.5 Å². The molecule has 4 nitrogen and oxygen atoms in total. The summed E-state index contributed by atoms with van der Waals surface area (Å²) in [6.45, 7) is 4.21. The van der Waals surface area contributed by atoms with Crippen molar-refractivity contribution in [3.05, 3.63) is 24.2 Å². The fourth-order valence-corrected chi connectivity index (χ4v) is 1.96. The zero-order valence-corrected chi connectivity index (χ0v) is 9.61. The van der Waals surface area contributed by atoms with Crippen LogP contribution < -0.4 is 5.32 Å². The smallest absolute Gasteiger partial charge is 0.236 e. The molecule has 88 valence electrons. The quantitative estimate of drug-likeness (QED) is 0.840. The number of rotatable bonds is 4. The average Bonchev–Trinajstić information content (AvgIpc) is 2.95. The standard InChI is InChI=1S/C12H18N2O2/c1-10(11-5-4-8-16-11)13-9-12(15)14-6-2-3-7-14/h4-5,8,10,13H,2-3,6-7,9H2,1H3/t10-/m0/s1. The van der Waals surface area contributed by atoms with Gasteiger partial charge in [-0.2, -0.15) is 0 Å². The van der Waals surface area contributed by atoms with Gasteiger partial charge in [0.15, 0.2) is 0 Å². The molecule has 1 aromatic heterocycles. The zero-order valence-electron chi connectivity index (χ0n) is 9.61. The molecular weight excluding hydrogens is 204 g/mol. The van der Waals surface area contributed by atoms with Crippen LogP contribution in [0, 0.1) is 0 Å². The molecule has 1 aromatic rings. The van der Waals surface area contributed by atoms with E-state index in [4.69, 9.17) is 4.42 Å². The highest BCUT2D eigenvalue weighted by molar-refractivity contribution is 5.78. The van der Waals surface area contributed by atoms with E-state index in [0.717, 1.165) is 31.7 Å². The number of amides is 1. The van der Waals surface area contributed by atoms with Crippen molar-refractivity contribution in [2.75, 3.05) is 19.6 Å². The molecule has 1 fully saturated rings. The number of furan rings is 1. The molecule has 0 unspecified atom stereocenters. The monoisotopic (exact) mass is 222 g/mol. The third-order valence-corrected chi connectivity index (χ3v) is 2.99. The predicted octanol–water partition coefficient (Wildman–Crippen LogP) is 1.55. The number of hydrogen-bond donors (Lipinski definition) is 1. The van der Waals surface area contributed by atoms with Crippen LogP contribution in [0.25, 0.3) is 0 Å². The highest BCUT2D eigenvalue weighted by Crippen LogP contribution is 2.12. The van der Waals surface area contributed by atoms with E-state index in [1.165, 1.54) is 0 Å². The molecule has 1 amide bonds. The Morgan fingerprint density at radius 3 is 2.94 bits per heavy atom. The lowest BCUT2D eigenvalue weighted by Crippen LogP contribution is -2.37. The highest BCUT2D eigenvalue weighted by atomic mass is 16.3. The zero-order chi connectivity index (χ0) is 11.4. The molecule has 2 rings (SSSR count). The molecular formula is C12H18N2O2. The van der Waals surface area contributed by atoms with Crippen molar-refractivity contribution in [3.63, 3.8) is 0 Å². The van der Waals surface area contributed by atoms with Gasteiger partial charge in [0.05, 0.1) is 18.8 Å². The van der Waals surface area contributed by atoms with Crippen molar-refractivity contribution in [1.29, 1.82) is 0 Å². The number of nitrogens with one attached hydrogen (secondary N) is 1. The van der Waals surface area contributed by atoms with Gasteiger partial charge in [0.1, 0.15) is 5.76 Å². The number of hydrogen-bond acceptors (Lipinski definition) is 3. The van der Waals surface area contributed by atoms with Crippen molar-refractivity contribution < 1.29 is 9.21 Å². The second-order valence-electron chi connectivity index (χ2n) is 4.21. The van der Waals surface area contributed by atoms with E-state index in [-0.39, 0.29) is 11.9 Å². The SMILES string of the molecule is C[C@H](NCC(=O)N1CCCC1)c1ccco1. The maximum atomic E-state index is 11.8. The minimum atomic E-state index is 0.0848. The normalized spacial score (nSPS) is 17.7. The summed E-state index contributed by atoms with van der Waals surface area (Å²) in [6.07, 6.45) is 3.93. The number of nitrogens with zero attached hydrogens (tertiary/aromatic N) is 1. The summed E-state index contributed by atoms with van der Waals surface area (Å²) in [7, 11) is 0. The molecule has 0 radical (unpaired) electrons. The van der Waals surface area contributed by atoms with Crippen LogP contribution in [0.4, 0.5) is 0 Å². The van der Waals surface area contributed by atoms with Gasteiger partial charge in [0.25, 0.3) is 0 Å². The van der Waals surface area contributed by atoms with Crippen LogP contribution in [-0.2, 0) is 4.79 Å². The third-order valence-electron chi connectivity index (χ3n) is 2.99. The maximum absolute atomic E-state index is 11.8. The number of carbonyl (C=O) groups is 1. The van der Waals surface area contributed by atoms with Crippen LogP contribution in [-0.4, -0.2) is 30.4 Å². The largest absolute Gasteiger partial charge is 0.468 e. The molecule has 1 aliphatic rings. The van der Waals surface area contributed by atoms with Crippen LogP contribution in [0.15, 0.2) is 22.8 Å². The van der Waals surface area contributed by atoms with Gasteiger partial charge < -0.3 is 9.32 Å². The Morgan fingerprint density at radius 2 is 2.31 bits per heavy atom. The molecule has 4 heteroatoms. The molecule has 2 heterocycles. The van der Waals surface area contributed by atoms with Crippen LogP contribution in [0.3, 0.4) is 0 Å². The summed E-state index contributed by atoms with van der Waals surface area (Å²) in [5.41, 5.74) is 0. The van der Waals surface area contributed by atoms with Crippen LogP contribution in [0.1, 0.15) is 31.6 Å². The van der Waals surface area contributed by atoms with E-state index in [2.05, 4.69) is 5.32 Å². The second kappa shape index (κ2) is 5.16. The fraction of sp³-hybridized carbons (Fsp3) is 0.583. The van der Waals surface area contributed by atoms with Gasteiger partial charge in [-0.3, -0.25) is 10.1 Å². The minimum Gasteiger partial charge on any atom is -0.468 e. The highest BCUT2D eigenvalue weighted by Gasteiger charge is 2.18. The van der Waals surface area contributed by atoms with Crippen LogP contribution >= 0.6 is 0 Å². The Morgan fingerprint density at radius 1 is 1.56 bits per heavy atom. The van der Waals surface area contributed by atoms with Crippen molar-refractivity contribution >= 4 is 5.91 Å². The summed E-state index contributed by atoms with van der Waals surface area (Å²) < 4.78 is 5.27. The van der Waals surface area contributed by atoms with Gasteiger partial charge in [0.2, 0.25) is 5.91 Å². The summed E-state index contributed by atoms with van der Waals surface area (Å²) in [5, 5.41) is 3.18. The molecule has 0 saturated carbocycles. The van der Waals surface area contributed by atoms with Crippen LogP contribution in [0.5, 0.6) is 0 Å². The molecule has 1 saturated heterocycles. The van der Waals surface area contributed by atoms with E-state index >= 15 is 0 Å². The Kier molecular flexibility index (Phi) is 3.62. The second-order valence-corrected chi connectivity index (χ2v) is 4.21. The summed E-state index contributed by atoms with van der Waals surface area (Å²) in [4.78, 5) is 13.7. The lowest BCUT2D eigenvalue weighted by molar-refractivity contribution is -0.129. The molecule has 0 aliphatic carbocycles. The van der Waals surface area contributed by atoms with Gasteiger partial charge in [-0.05, 0) is 31.9 Å². The minimum absolute atomic E-state index is 0.0848. The summed E-state index contributed by atoms with van der Waals surface area (Å²) in [5.74, 6) is 1.06. The Labute approximate surface area is 95.6 Å². The van der Waals surface area contributed by atoms with E-state index in [0.29, 0.717) is 6.54 Å². The molecule has 16 heavy (non-hydrogen) atoms. The Bertz CT molecular complexity index is 329. The average molecular weight is 222 g/mol. The lowest BCUT2D eigenvalue weighted by atomic mass is 10.2. The van der Waals surface area contributed by atoms with Crippen molar-refractivity contribution in [3.8, 4) is 0 Å². The molecule has 0 bridgehead atoms. The molecule has 0 spiro atoms.